The molecule has 2 aromatic carbocycles. The molecule has 1 amide bonds. The molecule has 0 atom stereocenters. The molecule has 1 heterocycles. The van der Waals surface area contributed by atoms with E-state index in [2.05, 4.69) is 4.72 Å². The predicted molar refractivity (Wildman–Crippen MR) is 105 cm³/mol. The summed E-state index contributed by atoms with van der Waals surface area (Å²) in [5, 5.41) is 0. The van der Waals surface area contributed by atoms with Gasteiger partial charge in [-0.05, 0) is 36.8 Å². The Labute approximate surface area is 164 Å². The van der Waals surface area contributed by atoms with Crippen LogP contribution in [0.2, 0.25) is 0 Å². The Balaban J connectivity index is 1.97. The largest absolute Gasteiger partial charge is 0.497 e. The van der Waals surface area contributed by atoms with Crippen LogP contribution in [0.1, 0.15) is 12.8 Å². The van der Waals surface area contributed by atoms with Gasteiger partial charge in [0.1, 0.15) is 17.2 Å². The van der Waals surface area contributed by atoms with Crippen molar-refractivity contribution < 1.29 is 27.4 Å². The van der Waals surface area contributed by atoms with Crippen LogP contribution in [-0.4, -0.2) is 42.2 Å². The van der Waals surface area contributed by atoms with Crippen LogP contribution in [0, 0.1) is 0 Å². The fourth-order valence-corrected chi connectivity index (χ4v) is 4.13. The standard InChI is InChI=1S/C19H22N2O6S/c1-25-13-6-8-15(18(11-13)27-3)20-28(23,24)14-7-9-17(26-2)16(12-14)21-10-4-5-19(21)22/h6-9,11-12,20H,4-5,10H2,1-3H3. The third kappa shape index (κ3) is 3.84. The van der Waals surface area contributed by atoms with Gasteiger partial charge in [0, 0.05) is 19.0 Å². The van der Waals surface area contributed by atoms with Gasteiger partial charge in [0.05, 0.1) is 37.6 Å². The molecular formula is C19H22N2O6S. The Morgan fingerprint density at radius 3 is 2.32 bits per heavy atom. The molecule has 1 aliphatic rings. The van der Waals surface area contributed by atoms with Crippen molar-refractivity contribution in [3.8, 4) is 17.2 Å². The zero-order valence-corrected chi connectivity index (χ0v) is 16.7. The van der Waals surface area contributed by atoms with E-state index < -0.39 is 10.0 Å². The monoisotopic (exact) mass is 406 g/mol. The molecule has 0 aliphatic carbocycles. The lowest BCUT2D eigenvalue weighted by atomic mass is 10.2. The zero-order valence-electron chi connectivity index (χ0n) is 15.9. The van der Waals surface area contributed by atoms with Crippen molar-refractivity contribution in [3.05, 3.63) is 36.4 Å². The van der Waals surface area contributed by atoms with E-state index in [1.165, 1.54) is 33.5 Å². The second-order valence-electron chi connectivity index (χ2n) is 6.15. The van der Waals surface area contributed by atoms with E-state index in [9.17, 15) is 13.2 Å². The SMILES string of the molecule is COc1ccc(NS(=O)(=O)c2ccc(OC)c(N3CCCC3=O)c2)c(OC)c1. The van der Waals surface area contributed by atoms with Gasteiger partial charge in [0.25, 0.3) is 10.0 Å². The highest BCUT2D eigenvalue weighted by atomic mass is 32.2. The number of amides is 1. The van der Waals surface area contributed by atoms with Crippen molar-refractivity contribution in [1.82, 2.24) is 0 Å². The number of rotatable bonds is 7. The molecule has 28 heavy (non-hydrogen) atoms. The average molecular weight is 406 g/mol. The van der Waals surface area contributed by atoms with Gasteiger partial charge in [-0.1, -0.05) is 0 Å². The number of nitrogens with one attached hydrogen (secondary N) is 1. The van der Waals surface area contributed by atoms with Crippen LogP contribution in [0.3, 0.4) is 0 Å². The van der Waals surface area contributed by atoms with Crippen LogP contribution in [0.25, 0.3) is 0 Å². The molecule has 1 fully saturated rings. The molecule has 3 rings (SSSR count). The number of sulfonamides is 1. The molecule has 9 heteroatoms. The molecule has 0 saturated carbocycles. The summed E-state index contributed by atoms with van der Waals surface area (Å²) in [6.45, 7) is 0.526. The van der Waals surface area contributed by atoms with E-state index in [0.29, 0.717) is 35.9 Å². The number of hydrogen-bond donors (Lipinski definition) is 1. The zero-order chi connectivity index (χ0) is 20.3. The number of ether oxygens (including phenoxy) is 3. The van der Waals surface area contributed by atoms with Crippen LogP contribution >= 0.6 is 0 Å². The molecular weight excluding hydrogens is 384 g/mol. The van der Waals surface area contributed by atoms with E-state index in [1.807, 2.05) is 0 Å². The molecule has 1 N–H and O–H groups in total. The van der Waals surface area contributed by atoms with Gasteiger partial charge >= 0.3 is 0 Å². The Kier molecular flexibility index (Phi) is 5.64. The number of benzene rings is 2. The van der Waals surface area contributed by atoms with Crippen LogP contribution in [0.5, 0.6) is 17.2 Å². The number of anilines is 2. The molecule has 8 nitrogen and oxygen atoms in total. The van der Waals surface area contributed by atoms with Crippen LogP contribution in [-0.2, 0) is 14.8 Å². The fourth-order valence-electron chi connectivity index (χ4n) is 3.04. The van der Waals surface area contributed by atoms with E-state index in [0.717, 1.165) is 6.42 Å². The summed E-state index contributed by atoms with van der Waals surface area (Å²) in [5.41, 5.74) is 0.715. The molecule has 0 spiro atoms. The smallest absolute Gasteiger partial charge is 0.262 e. The molecule has 2 aromatic rings. The summed E-state index contributed by atoms with van der Waals surface area (Å²) in [6.07, 6.45) is 1.15. The minimum Gasteiger partial charge on any atom is -0.497 e. The number of hydrogen-bond acceptors (Lipinski definition) is 6. The molecule has 150 valence electrons. The van der Waals surface area contributed by atoms with Crippen molar-refractivity contribution in [3.63, 3.8) is 0 Å². The molecule has 1 saturated heterocycles. The summed E-state index contributed by atoms with van der Waals surface area (Å²) in [7, 11) is 0.508. The number of methoxy groups -OCH3 is 3. The number of carbonyl (C=O) groups is 1. The van der Waals surface area contributed by atoms with E-state index in [4.69, 9.17) is 14.2 Å². The Bertz CT molecular complexity index is 990. The highest BCUT2D eigenvalue weighted by Crippen LogP contribution is 2.35. The maximum Gasteiger partial charge on any atom is 0.262 e. The highest BCUT2D eigenvalue weighted by Gasteiger charge is 2.27. The van der Waals surface area contributed by atoms with Gasteiger partial charge in [-0.15, -0.1) is 0 Å². The molecule has 0 radical (unpaired) electrons. The summed E-state index contributed by atoms with van der Waals surface area (Å²) >= 11 is 0. The first-order valence-electron chi connectivity index (χ1n) is 8.63. The molecule has 0 bridgehead atoms. The topological polar surface area (TPSA) is 94.2 Å². The van der Waals surface area contributed by atoms with E-state index in [-0.39, 0.29) is 16.5 Å². The van der Waals surface area contributed by atoms with Crippen molar-refractivity contribution >= 4 is 27.3 Å². The third-order valence-corrected chi connectivity index (χ3v) is 5.84. The molecule has 1 aliphatic heterocycles. The predicted octanol–water partition coefficient (Wildman–Crippen LogP) is 2.64. The summed E-state index contributed by atoms with van der Waals surface area (Å²) in [6, 6.07) is 9.19. The van der Waals surface area contributed by atoms with Crippen molar-refractivity contribution in [2.45, 2.75) is 17.7 Å². The van der Waals surface area contributed by atoms with Gasteiger partial charge < -0.3 is 19.1 Å². The van der Waals surface area contributed by atoms with Crippen molar-refractivity contribution in [2.75, 3.05) is 37.5 Å². The summed E-state index contributed by atoms with van der Waals surface area (Å²) < 4.78 is 44.1. The number of carbonyl (C=O) groups excluding carboxylic acids is 1. The second kappa shape index (κ2) is 7.97. The molecule has 0 aromatic heterocycles. The lowest BCUT2D eigenvalue weighted by Gasteiger charge is -2.20. The van der Waals surface area contributed by atoms with Crippen LogP contribution < -0.4 is 23.8 Å². The van der Waals surface area contributed by atoms with Crippen molar-refractivity contribution in [1.29, 1.82) is 0 Å². The van der Waals surface area contributed by atoms with E-state index in [1.54, 1.807) is 29.2 Å². The van der Waals surface area contributed by atoms with Crippen LogP contribution in [0.4, 0.5) is 11.4 Å². The summed E-state index contributed by atoms with van der Waals surface area (Å²) in [4.78, 5) is 13.7. The van der Waals surface area contributed by atoms with Gasteiger partial charge in [-0.3, -0.25) is 9.52 Å². The van der Waals surface area contributed by atoms with E-state index >= 15 is 0 Å². The fraction of sp³-hybridized carbons (Fsp3) is 0.316. The Morgan fingerprint density at radius 2 is 1.71 bits per heavy atom. The van der Waals surface area contributed by atoms with Gasteiger partial charge in [-0.25, -0.2) is 8.42 Å². The third-order valence-electron chi connectivity index (χ3n) is 4.48. The van der Waals surface area contributed by atoms with Gasteiger partial charge in [-0.2, -0.15) is 0 Å². The maximum absolute atomic E-state index is 12.9. The van der Waals surface area contributed by atoms with Crippen LogP contribution in [0.15, 0.2) is 41.3 Å². The highest BCUT2D eigenvalue weighted by molar-refractivity contribution is 7.92. The molecule has 0 unspecified atom stereocenters. The maximum atomic E-state index is 12.9. The Hall–Kier alpha value is -2.94. The first-order valence-corrected chi connectivity index (χ1v) is 10.1. The Morgan fingerprint density at radius 1 is 0.964 bits per heavy atom. The second-order valence-corrected chi connectivity index (χ2v) is 7.84. The quantitative estimate of drug-likeness (QED) is 0.760. The lowest BCUT2D eigenvalue weighted by Crippen LogP contribution is -2.25. The first kappa shape index (κ1) is 19.8. The average Bonchev–Trinajstić information content (AvgIpc) is 3.13. The van der Waals surface area contributed by atoms with Gasteiger partial charge in [0.15, 0.2) is 0 Å². The van der Waals surface area contributed by atoms with Gasteiger partial charge in [0.2, 0.25) is 5.91 Å². The normalized spacial score (nSPS) is 14.1. The first-order chi connectivity index (χ1) is 13.4. The summed E-state index contributed by atoms with van der Waals surface area (Å²) in [5.74, 6) is 1.25. The van der Waals surface area contributed by atoms with Crippen molar-refractivity contribution in [2.24, 2.45) is 0 Å². The number of nitrogens with zero attached hydrogens (tertiary/aromatic N) is 1. The minimum atomic E-state index is -3.92. The minimum absolute atomic E-state index is 0.0147. The lowest BCUT2D eigenvalue weighted by molar-refractivity contribution is -0.117.